The predicted molar refractivity (Wildman–Crippen MR) is 127 cm³/mol. The van der Waals surface area contributed by atoms with Gasteiger partial charge < -0.3 is 9.94 Å². The maximum absolute atomic E-state index is 14.6. The van der Waals surface area contributed by atoms with Crippen molar-refractivity contribution in [2.24, 2.45) is 11.1 Å². The van der Waals surface area contributed by atoms with Gasteiger partial charge in [-0.05, 0) is 48.9 Å². The van der Waals surface area contributed by atoms with E-state index in [4.69, 9.17) is 9.94 Å². The number of carboxylic acids is 1. The lowest BCUT2D eigenvalue weighted by Gasteiger charge is -2.36. The highest BCUT2D eigenvalue weighted by Gasteiger charge is 2.36. The molecular weight excluding hydrogens is 476 g/mol. The van der Waals surface area contributed by atoms with Gasteiger partial charge in [-0.15, -0.1) is 0 Å². The number of likely N-dealkylation sites (tertiary alicyclic amines) is 1. The van der Waals surface area contributed by atoms with Gasteiger partial charge in [-0.2, -0.15) is 13.2 Å². The molecule has 9 heteroatoms. The molecule has 1 heterocycles. The summed E-state index contributed by atoms with van der Waals surface area (Å²) in [6.07, 6.45) is 0.0836. The Morgan fingerprint density at radius 2 is 1.83 bits per heavy atom. The first kappa shape index (κ1) is 26.1. The van der Waals surface area contributed by atoms with Crippen molar-refractivity contribution in [3.63, 3.8) is 0 Å². The summed E-state index contributed by atoms with van der Waals surface area (Å²) in [7, 11) is 0. The molecule has 0 radical (unpaired) electrons. The number of alkyl halides is 3. The number of aliphatic carboxylic acids is 1. The molecule has 2 aromatic carbocycles. The second-order valence-corrected chi connectivity index (χ2v) is 9.74. The van der Waals surface area contributed by atoms with Gasteiger partial charge in [0.05, 0.1) is 17.2 Å². The molecular formula is C27H30F4N2O3. The van der Waals surface area contributed by atoms with E-state index in [1.807, 2.05) is 4.90 Å². The Labute approximate surface area is 207 Å². The van der Waals surface area contributed by atoms with Crippen LogP contribution in [-0.4, -0.2) is 34.8 Å². The zero-order valence-electron chi connectivity index (χ0n) is 20.2. The number of nitrogens with zero attached hydrogens (tertiary/aromatic N) is 2. The first-order valence-electron chi connectivity index (χ1n) is 12.2. The zero-order valence-corrected chi connectivity index (χ0v) is 20.2. The Kier molecular flexibility index (Phi) is 7.97. The summed E-state index contributed by atoms with van der Waals surface area (Å²) in [5.41, 5.74) is 1.46. The number of hydrogen-bond donors (Lipinski definition) is 1. The third-order valence-electron chi connectivity index (χ3n) is 7.07. The van der Waals surface area contributed by atoms with Crippen LogP contribution in [0.4, 0.5) is 17.6 Å². The van der Waals surface area contributed by atoms with Gasteiger partial charge in [-0.25, -0.2) is 4.39 Å². The fraction of sp³-hybridized carbons (Fsp3) is 0.481. The smallest absolute Gasteiger partial charge is 0.416 e. The highest BCUT2D eigenvalue weighted by atomic mass is 19.4. The minimum atomic E-state index is -4.44. The van der Waals surface area contributed by atoms with Gasteiger partial charge in [0.25, 0.3) is 0 Å². The maximum atomic E-state index is 14.6. The quantitative estimate of drug-likeness (QED) is 0.258. The number of carboxylic acid groups (broad SMARTS) is 1. The first-order valence-corrected chi connectivity index (χ1v) is 12.2. The van der Waals surface area contributed by atoms with E-state index in [9.17, 15) is 22.4 Å². The van der Waals surface area contributed by atoms with Crippen molar-refractivity contribution in [3.8, 4) is 0 Å². The predicted octanol–water partition coefficient (Wildman–Crippen LogP) is 6.35. The molecule has 0 atom stereocenters. The molecule has 0 bridgehead atoms. The summed E-state index contributed by atoms with van der Waals surface area (Å²) in [6.45, 7) is 2.60. The Balaban J connectivity index is 1.38. The van der Waals surface area contributed by atoms with Gasteiger partial charge in [-0.1, -0.05) is 48.7 Å². The van der Waals surface area contributed by atoms with Crippen LogP contribution in [0.2, 0.25) is 0 Å². The molecule has 2 fully saturated rings. The van der Waals surface area contributed by atoms with Crippen LogP contribution in [0.5, 0.6) is 0 Å². The summed E-state index contributed by atoms with van der Waals surface area (Å²) < 4.78 is 55.8. The SMILES string of the molecule is C/C(=N/OCc1ccc(C2CCCCC2)c(C(F)(F)F)c1)c1ccc(CN2CC(C(=O)O)C2)c(F)c1. The van der Waals surface area contributed by atoms with Crippen molar-refractivity contribution in [2.45, 2.75) is 64.3 Å². The Bertz CT molecular complexity index is 1120. The van der Waals surface area contributed by atoms with Crippen LogP contribution in [0.25, 0.3) is 0 Å². The number of hydrogen-bond acceptors (Lipinski definition) is 4. The lowest BCUT2D eigenvalue weighted by atomic mass is 9.81. The van der Waals surface area contributed by atoms with Crippen molar-refractivity contribution in [3.05, 3.63) is 70.0 Å². The molecule has 4 rings (SSSR count). The van der Waals surface area contributed by atoms with E-state index in [0.29, 0.717) is 47.6 Å². The normalized spacial score (nSPS) is 18.2. The van der Waals surface area contributed by atoms with Crippen molar-refractivity contribution in [1.29, 1.82) is 0 Å². The minimum Gasteiger partial charge on any atom is -0.481 e. The molecule has 0 spiro atoms. The van der Waals surface area contributed by atoms with E-state index in [1.54, 1.807) is 31.2 Å². The van der Waals surface area contributed by atoms with Gasteiger partial charge in [-0.3, -0.25) is 9.69 Å². The summed E-state index contributed by atoms with van der Waals surface area (Å²) in [4.78, 5) is 18.1. The van der Waals surface area contributed by atoms with Crippen molar-refractivity contribution < 1.29 is 32.3 Å². The van der Waals surface area contributed by atoms with Crippen molar-refractivity contribution >= 4 is 11.7 Å². The molecule has 1 N–H and O–H groups in total. The van der Waals surface area contributed by atoms with E-state index in [2.05, 4.69) is 5.16 Å². The minimum absolute atomic E-state index is 0.0665. The van der Waals surface area contributed by atoms with Gasteiger partial charge in [0.1, 0.15) is 12.4 Å². The Hall–Kier alpha value is -2.94. The lowest BCUT2D eigenvalue weighted by Crippen LogP contribution is -2.49. The largest absolute Gasteiger partial charge is 0.481 e. The average Bonchev–Trinajstić information content (AvgIpc) is 2.81. The molecule has 1 aliphatic carbocycles. The Morgan fingerprint density at radius 1 is 1.11 bits per heavy atom. The van der Waals surface area contributed by atoms with E-state index in [0.717, 1.165) is 38.2 Å². The summed E-state index contributed by atoms with van der Waals surface area (Å²) in [5.74, 6) is -1.75. The third-order valence-corrected chi connectivity index (χ3v) is 7.07. The monoisotopic (exact) mass is 506 g/mol. The molecule has 1 saturated carbocycles. The number of rotatable bonds is 8. The second-order valence-electron chi connectivity index (χ2n) is 9.74. The van der Waals surface area contributed by atoms with E-state index >= 15 is 0 Å². The molecule has 36 heavy (non-hydrogen) atoms. The van der Waals surface area contributed by atoms with E-state index in [-0.39, 0.29) is 12.5 Å². The highest BCUT2D eigenvalue weighted by Crippen LogP contribution is 2.41. The standard InChI is InChI=1S/C27H30F4N2O3/c1-17(20-8-9-21(25(28)12-20)13-33-14-22(15-33)26(34)35)32-36-16-18-7-10-23(19-5-3-2-4-6-19)24(11-18)27(29,30)31/h7-12,19,22H,2-6,13-16H2,1H3,(H,34,35)/b32-17-. The second kappa shape index (κ2) is 11.0. The van der Waals surface area contributed by atoms with Crippen LogP contribution in [0.3, 0.4) is 0 Å². The topological polar surface area (TPSA) is 62.1 Å². The lowest BCUT2D eigenvalue weighted by molar-refractivity contribution is -0.147. The molecule has 0 amide bonds. The van der Waals surface area contributed by atoms with Crippen LogP contribution >= 0.6 is 0 Å². The van der Waals surface area contributed by atoms with E-state index in [1.165, 1.54) is 6.07 Å². The molecule has 1 aliphatic heterocycles. The Morgan fingerprint density at radius 3 is 2.47 bits per heavy atom. The third kappa shape index (κ3) is 6.24. The van der Waals surface area contributed by atoms with Crippen LogP contribution in [0.15, 0.2) is 41.6 Å². The molecule has 194 valence electrons. The molecule has 0 aromatic heterocycles. The van der Waals surface area contributed by atoms with E-state index < -0.39 is 29.4 Å². The zero-order chi connectivity index (χ0) is 25.9. The van der Waals surface area contributed by atoms with Crippen LogP contribution < -0.4 is 0 Å². The van der Waals surface area contributed by atoms with Crippen LogP contribution in [0.1, 0.15) is 72.8 Å². The van der Waals surface area contributed by atoms with Crippen molar-refractivity contribution in [1.82, 2.24) is 4.90 Å². The highest BCUT2D eigenvalue weighted by molar-refractivity contribution is 5.98. The van der Waals surface area contributed by atoms with Gasteiger partial charge >= 0.3 is 12.1 Å². The molecule has 1 saturated heterocycles. The van der Waals surface area contributed by atoms with Gasteiger partial charge in [0, 0.05) is 30.8 Å². The van der Waals surface area contributed by atoms with Crippen LogP contribution in [0, 0.1) is 11.7 Å². The molecule has 2 aromatic rings. The van der Waals surface area contributed by atoms with Crippen molar-refractivity contribution in [2.75, 3.05) is 13.1 Å². The summed E-state index contributed by atoms with van der Waals surface area (Å²) in [6, 6.07) is 9.01. The molecule has 0 unspecified atom stereocenters. The summed E-state index contributed by atoms with van der Waals surface area (Å²) in [5, 5.41) is 12.9. The maximum Gasteiger partial charge on any atom is 0.416 e. The number of benzene rings is 2. The number of halogens is 4. The first-order chi connectivity index (χ1) is 17.1. The average molecular weight is 507 g/mol. The van der Waals surface area contributed by atoms with Crippen LogP contribution in [-0.2, 0) is 29.0 Å². The molecule has 5 nitrogen and oxygen atoms in total. The fourth-order valence-corrected chi connectivity index (χ4v) is 4.96. The molecule has 2 aliphatic rings. The fourth-order valence-electron chi connectivity index (χ4n) is 4.96. The van der Waals surface area contributed by atoms with Gasteiger partial charge in [0.15, 0.2) is 0 Å². The van der Waals surface area contributed by atoms with Gasteiger partial charge in [0.2, 0.25) is 0 Å². The number of carbonyl (C=O) groups is 1. The number of oxime groups is 1. The summed E-state index contributed by atoms with van der Waals surface area (Å²) >= 11 is 0.